The summed E-state index contributed by atoms with van der Waals surface area (Å²) in [5.74, 6) is -0.112. The molecule has 158 valence electrons. The molecule has 4 rings (SSSR count). The third kappa shape index (κ3) is 4.25. The number of thiophene rings is 2. The lowest BCUT2D eigenvalue weighted by Gasteiger charge is -2.27. The number of allylic oxidation sites excluding steroid dienone is 1. The second-order valence-electron chi connectivity index (χ2n) is 7.35. The van der Waals surface area contributed by atoms with Gasteiger partial charge < -0.3 is 15.8 Å². The number of aryl methyl sites for hydroxylation is 1. The number of pyridine rings is 1. The van der Waals surface area contributed by atoms with Gasteiger partial charge in [0.25, 0.3) is 0 Å². The highest BCUT2D eigenvalue weighted by molar-refractivity contribution is 7.20. The Hall–Kier alpha value is -1.93. The van der Waals surface area contributed by atoms with Crippen molar-refractivity contribution in [3.05, 3.63) is 55.7 Å². The van der Waals surface area contributed by atoms with Crippen molar-refractivity contribution in [3.63, 3.8) is 0 Å². The van der Waals surface area contributed by atoms with Gasteiger partial charge >= 0.3 is 5.97 Å². The topological polar surface area (TPSA) is 77.2 Å². The number of halogens is 1. The van der Waals surface area contributed by atoms with E-state index in [1.165, 1.54) is 9.75 Å². The summed E-state index contributed by atoms with van der Waals surface area (Å²) in [6.07, 6.45) is 3.22. The van der Waals surface area contributed by atoms with Gasteiger partial charge in [0.05, 0.1) is 22.5 Å². The average molecular weight is 462 g/mol. The van der Waals surface area contributed by atoms with Crippen LogP contribution in [0.2, 0.25) is 5.15 Å². The van der Waals surface area contributed by atoms with Gasteiger partial charge in [-0.2, -0.15) is 0 Å². The first-order valence-electron chi connectivity index (χ1n) is 9.95. The van der Waals surface area contributed by atoms with Crippen LogP contribution in [0.25, 0.3) is 10.2 Å². The molecular weight excluding hydrogens is 438 g/mol. The highest BCUT2D eigenvalue weighted by Crippen LogP contribution is 2.43. The molecule has 3 aromatic heterocycles. The van der Waals surface area contributed by atoms with Crippen LogP contribution in [0.3, 0.4) is 0 Å². The molecule has 8 heteroatoms. The third-order valence-corrected chi connectivity index (χ3v) is 7.89. The van der Waals surface area contributed by atoms with E-state index >= 15 is 0 Å². The molecule has 30 heavy (non-hydrogen) atoms. The summed E-state index contributed by atoms with van der Waals surface area (Å²) < 4.78 is 6.23. The van der Waals surface area contributed by atoms with E-state index in [4.69, 9.17) is 22.1 Å². The van der Waals surface area contributed by atoms with Crippen LogP contribution >= 0.6 is 34.3 Å². The minimum Gasteiger partial charge on any atom is -0.463 e. The molecule has 2 atom stereocenters. The van der Waals surface area contributed by atoms with Crippen LogP contribution in [0, 0.1) is 6.92 Å². The van der Waals surface area contributed by atoms with Crippen LogP contribution in [0.15, 0.2) is 35.2 Å². The number of ether oxygens (including phenoxy) is 1. The highest BCUT2D eigenvalue weighted by Gasteiger charge is 2.31. The van der Waals surface area contributed by atoms with Gasteiger partial charge in [0, 0.05) is 39.9 Å². The molecule has 0 amide bonds. The molecule has 0 unspecified atom stereocenters. The molecule has 0 bridgehead atoms. The van der Waals surface area contributed by atoms with Crippen molar-refractivity contribution in [2.75, 3.05) is 11.9 Å². The number of carbonyl (C=O) groups excluding carboxylic acids is 1. The summed E-state index contributed by atoms with van der Waals surface area (Å²) in [6.45, 7) is 5.01. The van der Waals surface area contributed by atoms with E-state index in [2.05, 4.69) is 28.7 Å². The minimum absolute atomic E-state index is 0.140. The molecule has 0 aromatic carbocycles. The second kappa shape index (κ2) is 9.06. The first kappa shape index (κ1) is 21.3. The van der Waals surface area contributed by atoms with Crippen molar-refractivity contribution in [1.82, 2.24) is 4.98 Å². The number of rotatable bonds is 6. The van der Waals surface area contributed by atoms with Crippen molar-refractivity contribution in [2.45, 2.75) is 45.2 Å². The summed E-state index contributed by atoms with van der Waals surface area (Å²) in [4.78, 5) is 19.1. The molecule has 0 aliphatic heterocycles. The Balaban J connectivity index is 1.64. The first-order chi connectivity index (χ1) is 14.5. The normalized spacial score (nSPS) is 19.0. The third-order valence-electron chi connectivity index (χ3n) is 5.38. The number of nitrogens with two attached hydrogens (primary N) is 1. The van der Waals surface area contributed by atoms with Crippen molar-refractivity contribution < 1.29 is 9.53 Å². The van der Waals surface area contributed by atoms with Gasteiger partial charge in [0.15, 0.2) is 0 Å². The zero-order chi connectivity index (χ0) is 21.3. The van der Waals surface area contributed by atoms with E-state index in [1.807, 2.05) is 25.1 Å². The minimum atomic E-state index is -0.257. The van der Waals surface area contributed by atoms with Gasteiger partial charge in [0.1, 0.15) is 5.15 Å². The molecule has 0 spiro atoms. The summed E-state index contributed by atoms with van der Waals surface area (Å²) in [6, 6.07) is 5.90. The van der Waals surface area contributed by atoms with Crippen molar-refractivity contribution >= 4 is 56.1 Å². The number of fused-ring (bicyclic) bond motifs is 1. The molecule has 5 nitrogen and oxygen atoms in total. The van der Waals surface area contributed by atoms with Crippen molar-refractivity contribution in [3.8, 4) is 0 Å². The highest BCUT2D eigenvalue weighted by atomic mass is 35.5. The van der Waals surface area contributed by atoms with E-state index in [0.717, 1.165) is 28.0 Å². The first-order valence-corrected chi connectivity index (χ1v) is 12.0. The largest absolute Gasteiger partial charge is 0.463 e. The lowest BCUT2D eigenvalue weighted by atomic mass is 9.83. The summed E-state index contributed by atoms with van der Waals surface area (Å²) in [7, 11) is 0. The van der Waals surface area contributed by atoms with Gasteiger partial charge in [0.2, 0.25) is 0 Å². The fourth-order valence-electron chi connectivity index (χ4n) is 3.86. The average Bonchev–Trinajstić information content (AvgIpc) is 3.35. The van der Waals surface area contributed by atoms with E-state index in [-0.39, 0.29) is 17.9 Å². The Labute approximate surface area is 188 Å². The van der Waals surface area contributed by atoms with Crippen LogP contribution in [0.4, 0.5) is 5.69 Å². The van der Waals surface area contributed by atoms with E-state index in [0.29, 0.717) is 30.2 Å². The molecule has 1 aliphatic rings. The maximum absolute atomic E-state index is 12.1. The van der Waals surface area contributed by atoms with Crippen LogP contribution in [0.1, 0.15) is 41.0 Å². The van der Waals surface area contributed by atoms with Gasteiger partial charge in [-0.1, -0.05) is 23.7 Å². The zero-order valence-electron chi connectivity index (χ0n) is 16.9. The van der Waals surface area contributed by atoms with E-state index in [1.54, 1.807) is 22.7 Å². The molecule has 0 saturated carbocycles. The molecular formula is C22H24ClN3O2S2. The molecule has 3 aromatic rings. The number of hydrogen-bond donors (Lipinski definition) is 2. The lowest BCUT2D eigenvalue weighted by molar-refractivity contribution is -0.138. The van der Waals surface area contributed by atoms with Crippen LogP contribution in [0.5, 0.6) is 0 Å². The maximum atomic E-state index is 12.1. The quantitative estimate of drug-likeness (QED) is 0.367. The molecule has 0 radical (unpaired) electrons. The van der Waals surface area contributed by atoms with Crippen molar-refractivity contribution in [1.29, 1.82) is 0 Å². The monoisotopic (exact) mass is 461 g/mol. The molecule has 3 N–H and O–H groups in total. The molecule has 0 saturated heterocycles. The van der Waals surface area contributed by atoms with Crippen LogP contribution < -0.4 is 11.1 Å². The Bertz CT molecular complexity index is 1090. The van der Waals surface area contributed by atoms with Gasteiger partial charge in [-0.3, -0.25) is 0 Å². The molecule has 3 heterocycles. The Morgan fingerprint density at radius 3 is 3.00 bits per heavy atom. The lowest BCUT2D eigenvalue weighted by Crippen LogP contribution is -2.33. The van der Waals surface area contributed by atoms with Crippen molar-refractivity contribution in [2.24, 2.45) is 5.73 Å². The number of nitrogens with one attached hydrogen (secondary N) is 1. The zero-order valence-corrected chi connectivity index (χ0v) is 19.3. The van der Waals surface area contributed by atoms with Gasteiger partial charge in [-0.05, 0) is 43.7 Å². The Kier molecular flexibility index (Phi) is 6.43. The Morgan fingerprint density at radius 1 is 1.47 bits per heavy atom. The SMILES string of the molecule is CCOC(=O)C1=CC[C@@H](c2sc3c(NCc4cccs4)cc(Cl)nc3c2C)[C@@H](N)C1. The fraction of sp³-hybridized carbons (Fsp3) is 0.364. The van der Waals surface area contributed by atoms with Gasteiger partial charge in [-0.15, -0.1) is 22.7 Å². The molecule has 0 fully saturated rings. The standard InChI is InChI=1S/C22H24ClN3O2S2/c1-3-28-22(27)13-6-7-15(16(24)9-13)20-12(2)19-21(30-20)17(10-18(23)26-19)25-11-14-5-4-8-29-14/h4-6,8,10,15-16H,3,7,9,11,24H2,1-2H3,(H,25,26)/t15-,16+/m1/s1. The molecule has 1 aliphatic carbocycles. The number of nitrogens with zero attached hydrogens (tertiary/aromatic N) is 1. The summed E-state index contributed by atoms with van der Waals surface area (Å²) in [5.41, 5.74) is 10.2. The number of carbonyl (C=O) groups is 1. The number of hydrogen-bond acceptors (Lipinski definition) is 7. The fourth-order valence-corrected chi connectivity index (χ4v) is 6.13. The van der Waals surface area contributed by atoms with E-state index in [9.17, 15) is 4.79 Å². The smallest absolute Gasteiger partial charge is 0.333 e. The number of aromatic nitrogens is 1. The number of anilines is 1. The summed E-state index contributed by atoms with van der Waals surface area (Å²) >= 11 is 9.78. The van der Waals surface area contributed by atoms with Crippen LogP contribution in [-0.2, 0) is 16.1 Å². The summed E-state index contributed by atoms with van der Waals surface area (Å²) in [5, 5.41) is 6.06. The van der Waals surface area contributed by atoms with E-state index < -0.39 is 0 Å². The van der Waals surface area contributed by atoms with Gasteiger partial charge in [-0.25, -0.2) is 9.78 Å². The second-order valence-corrected chi connectivity index (χ2v) is 9.83. The predicted octanol–water partition coefficient (Wildman–Crippen LogP) is 5.63. The maximum Gasteiger partial charge on any atom is 0.333 e. The predicted molar refractivity (Wildman–Crippen MR) is 126 cm³/mol. The van der Waals surface area contributed by atoms with Crippen LogP contribution in [-0.4, -0.2) is 23.6 Å². The Morgan fingerprint density at radius 2 is 2.30 bits per heavy atom. The number of esters is 1.